The molecule has 0 aliphatic carbocycles. The van der Waals surface area contributed by atoms with E-state index in [0.29, 0.717) is 24.6 Å². The van der Waals surface area contributed by atoms with Gasteiger partial charge in [-0.25, -0.2) is 9.37 Å². The summed E-state index contributed by atoms with van der Waals surface area (Å²) in [6, 6.07) is 14.2. The highest BCUT2D eigenvalue weighted by molar-refractivity contribution is 7.10. The summed E-state index contributed by atoms with van der Waals surface area (Å²) < 4.78 is 14.2. The van der Waals surface area contributed by atoms with Crippen LogP contribution in [0.15, 0.2) is 53.9 Å². The minimum atomic E-state index is -0.781. The second-order valence-corrected chi connectivity index (χ2v) is 10.3. The normalized spacial score (nSPS) is 14.9. The molecule has 0 bridgehead atoms. The number of carbonyl (C=O) groups is 2. The van der Waals surface area contributed by atoms with Crippen LogP contribution in [0.3, 0.4) is 0 Å². The minimum Gasteiger partial charge on any atom is -0.372 e. The van der Waals surface area contributed by atoms with Gasteiger partial charge in [0.1, 0.15) is 11.9 Å². The third-order valence-corrected chi connectivity index (χ3v) is 8.03. The summed E-state index contributed by atoms with van der Waals surface area (Å²) in [4.78, 5) is 34.1. The Morgan fingerprint density at radius 2 is 1.78 bits per heavy atom. The van der Waals surface area contributed by atoms with Crippen molar-refractivity contribution in [1.82, 2.24) is 15.2 Å². The summed E-state index contributed by atoms with van der Waals surface area (Å²) in [5, 5.41) is 5.93. The molecule has 0 radical (unpaired) electrons. The lowest BCUT2D eigenvalue weighted by molar-refractivity contribution is -0.137. The maximum atomic E-state index is 14.2. The molecule has 0 spiro atoms. The molecule has 0 saturated carbocycles. The first-order valence-electron chi connectivity index (χ1n) is 13.0. The zero-order valence-electron chi connectivity index (χ0n) is 21.7. The van der Waals surface area contributed by atoms with Crippen molar-refractivity contribution in [2.75, 3.05) is 31.1 Å². The number of nitrogens with zero attached hydrogens (tertiary/aromatic N) is 3. The zero-order chi connectivity index (χ0) is 26.4. The number of halogens is 1. The maximum Gasteiger partial charge on any atom is 0.245 e. The van der Waals surface area contributed by atoms with Crippen molar-refractivity contribution in [3.63, 3.8) is 0 Å². The molecule has 1 N–H and O–H groups in total. The van der Waals surface area contributed by atoms with E-state index in [-0.39, 0.29) is 24.1 Å². The number of hydrogen-bond acceptors (Lipinski definition) is 5. The Labute approximate surface area is 222 Å². The molecule has 196 valence electrons. The van der Waals surface area contributed by atoms with Gasteiger partial charge < -0.3 is 15.1 Å². The van der Waals surface area contributed by atoms with Crippen LogP contribution in [-0.4, -0.2) is 53.9 Å². The summed E-state index contributed by atoms with van der Waals surface area (Å²) in [5.41, 5.74) is 3.73. The molecular formula is C29H35FN4O2S. The van der Waals surface area contributed by atoms with Gasteiger partial charge in [-0.1, -0.05) is 30.3 Å². The van der Waals surface area contributed by atoms with Crippen LogP contribution in [0, 0.1) is 5.82 Å². The second kappa shape index (κ2) is 12.3. The van der Waals surface area contributed by atoms with Gasteiger partial charge in [0.25, 0.3) is 0 Å². The van der Waals surface area contributed by atoms with Gasteiger partial charge >= 0.3 is 0 Å². The number of thiazole rings is 1. The lowest BCUT2D eigenvalue weighted by atomic mass is 9.96. The number of rotatable bonds is 9. The Morgan fingerprint density at radius 1 is 1.11 bits per heavy atom. The van der Waals surface area contributed by atoms with Crippen LogP contribution in [0.1, 0.15) is 50.1 Å². The Balaban J connectivity index is 1.38. The summed E-state index contributed by atoms with van der Waals surface area (Å²) >= 11 is 1.67. The molecule has 1 aliphatic rings. The molecule has 1 atom stereocenters. The summed E-state index contributed by atoms with van der Waals surface area (Å²) in [6.07, 6.45) is 1.76. The highest BCUT2D eigenvalue weighted by atomic mass is 32.1. The largest absolute Gasteiger partial charge is 0.372 e. The summed E-state index contributed by atoms with van der Waals surface area (Å²) in [6.45, 7) is 8.83. The summed E-state index contributed by atoms with van der Waals surface area (Å²) in [5.74, 6) is -0.537. The lowest BCUT2D eigenvalue weighted by Crippen LogP contribution is -2.51. The number of aromatic nitrogens is 1. The average Bonchev–Trinajstić information content (AvgIpc) is 3.40. The lowest BCUT2D eigenvalue weighted by Gasteiger charge is -2.33. The second-order valence-electron chi connectivity index (χ2n) is 9.44. The molecule has 4 rings (SSSR count). The van der Waals surface area contributed by atoms with Gasteiger partial charge in [-0.15, -0.1) is 11.3 Å². The molecule has 1 fully saturated rings. The van der Waals surface area contributed by atoms with Crippen LogP contribution >= 0.6 is 11.3 Å². The number of hydrogen-bond donors (Lipinski definition) is 1. The fraction of sp³-hybridized carbons (Fsp3) is 0.414. The Morgan fingerprint density at radius 3 is 2.41 bits per heavy atom. The van der Waals surface area contributed by atoms with E-state index >= 15 is 0 Å². The first-order valence-corrected chi connectivity index (χ1v) is 13.9. The van der Waals surface area contributed by atoms with Gasteiger partial charge in [0.15, 0.2) is 0 Å². The predicted molar refractivity (Wildman–Crippen MR) is 147 cm³/mol. The van der Waals surface area contributed by atoms with Crippen LogP contribution in [-0.2, 0) is 16.0 Å². The average molecular weight is 523 g/mol. The third kappa shape index (κ3) is 6.55. The topological polar surface area (TPSA) is 65.5 Å². The SMILES string of the molecule is CCN(CC)c1ccc(-c2csc(C3CCN(C(=O)C(Cc4ccccc4F)NC(C)=O)CC3)n2)cc1. The monoisotopic (exact) mass is 522 g/mol. The Kier molecular flexibility index (Phi) is 8.92. The molecule has 2 heterocycles. The van der Waals surface area contributed by atoms with E-state index in [2.05, 4.69) is 53.7 Å². The number of piperidine rings is 1. The van der Waals surface area contributed by atoms with Crippen LogP contribution < -0.4 is 10.2 Å². The maximum absolute atomic E-state index is 14.2. The van der Waals surface area contributed by atoms with Crippen LogP contribution in [0.2, 0.25) is 0 Å². The van der Waals surface area contributed by atoms with Crippen LogP contribution in [0.4, 0.5) is 10.1 Å². The van der Waals surface area contributed by atoms with Crippen LogP contribution in [0.5, 0.6) is 0 Å². The molecular weight excluding hydrogens is 487 g/mol. The van der Waals surface area contributed by atoms with E-state index in [0.717, 1.165) is 42.2 Å². The predicted octanol–water partition coefficient (Wildman–Crippen LogP) is 5.25. The van der Waals surface area contributed by atoms with Gasteiger partial charge in [-0.3, -0.25) is 9.59 Å². The number of carbonyl (C=O) groups excluding carboxylic acids is 2. The van der Waals surface area contributed by atoms with E-state index in [1.807, 2.05) is 0 Å². The molecule has 2 amide bonds. The van der Waals surface area contributed by atoms with Crippen LogP contribution in [0.25, 0.3) is 11.3 Å². The molecule has 8 heteroatoms. The zero-order valence-corrected chi connectivity index (χ0v) is 22.6. The highest BCUT2D eigenvalue weighted by Crippen LogP contribution is 2.33. The van der Waals surface area contributed by atoms with Gasteiger partial charge in [0.05, 0.1) is 10.7 Å². The number of benzene rings is 2. The van der Waals surface area contributed by atoms with E-state index in [9.17, 15) is 14.0 Å². The number of likely N-dealkylation sites (tertiary alicyclic amines) is 1. The van der Waals surface area contributed by atoms with Crippen molar-refractivity contribution in [2.45, 2.75) is 52.0 Å². The number of nitrogens with one attached hydrogen (secondary N) is 1. The molecule has 1 aromatic heterocycles. The van der Waals surface area contributed by atoms with Gasteiger partial charge in [-0.05, 0) is 50.5 Å². The van der Waals surface area contributed by atoms with Crippen molar-refractivity contribution in [2.24, 2.45) is 0 Å². The van der Waals surface area contributed by atoms with E-state index in [4.69, 9.17) is 4.98 Å². The van der Waals surface area contributed by atoms with Crippen molar-refractivity contribution in [1.29, 1.82) is 0 Å². The van der Waals surface area contributed by atoms with E-state index in [1.165, 1.54) is 18.7 Å². The van der Waals surface area contributed by atoms with Gasteiger partial charge in [0, 0.05) is 62.1 Å². The first-order chi connectivity index (χ1) is 17.9. The highest BCUT2D eigenvalue weighted by Gasteiger charge is 2.31. The quantitative estimate of drug-likeness (QED) is 0.417. The fourth-order valence-corrected chi connectivity index (χ4v) is 5.94. The van der Waals surface area contributed by atoms with E-state index < -0.39 is 6.04 Å². The first kappa shape index (κ1) is 26.8. The van der Waals surface area contributed by atoms with Gasteiger partial charge in [0.2, 0.25) is 11.8 Å². The number of anilines is 1. The van der Waals surface area contributed by atoms with Crippen molar-refractivity contribution < 1.29 is 14.0 Å². The standard InChI is InChI=1S/C29H35FN4O2S/c1-4-33(5-2)24-12-10-21(11-13-24)27-19-37-28(32-27)22-14-16-34(17-15-22)29(36)26(31-20(3)35)18-23-8-6-7-9-25(23)30/h6-13,19,22,26H,4-5,14-18H2,1-3H3,(H,31,35). The molecule has 37 heavy (non-hydrogen) atoms. The molecule has 1 saturated heterocycles. The molecule has 2 aromatic carbocycles. The molecule has 3 aromatic rings. The third-order valence-electron chi connectivity index (χ3n) is 7.03. The van der Waals surface area contributed by atoms with E-state index in [1.54, 1.807) is 34.4 Å². The summed E-state index contributed by atoms with van der Waals surface area (Å²) in [7, 11) is 0. The van der Waals surface area contributed by atoms with Crippen molar-refractivity contribution in [3.05, 3.63) is 70.3 Å². The molecule has 1 unspecified atom stereocenters. The molecule has 1 aliphatic heterocycles. The fourth-order valence-electron chi connectivity index (χ4n) is 4.94. The van der Waals surface area contributed by atoms with Crippen molar-refractivity contribution in [3.8, 4) is 11.3 Å². The number of amides is 2. The molecule has 6 nitrogen and oxygen atoms in total. The Hall–Kier alpha value is -3.26. The smallest absolute Gasteiger partial charge is 0.245 e. The Bertz CT molecular complexity index is 1200. The van der Waals surface area contributed by atoms with Crippen molar-refractivity contribution >= 4 is 28.8 Å². The van der Waals surface area contributed by atoms with Gasteiger partial charge in [-0.2, -0.15) is 0 Å². The minimum absolute atomic E-state index is 0.133.